The molecule has 3 N–H and O–H groups in total. The first-order chi connectivity index (χ1) is 10.6. The molecule has 1 aliphatic carbocycles. The van der Waals surface area contributed by atoms with E-state index in [1.165, 1.54) is 5.69 Å². The number of benzene rings is 1. The molecule has 0 saturated heterocycles. The van der Waals surface area contributed by atoms with Gasteiger partial charge in [-0.1, -0.05) is 6.92 Å². The van der Waals surface area contributed by atoms with Gasteiger partial charge in [0.2, 0.25) is 0 Å². The molecule has 1 saturated carbocycles. The number of amides is 1. The first kappa shape index (κ1) is 16.8. The lowest BCUT2D eigenvalue weighted by Crippen LogP contribution is -2.40. The standard InChI is InChI=1S/C18H29N3O/c1-3-13-21(4-2)17-11-5-14(6-12-17)18(22)20-16-9-7-15(19)8-10-16/h5-6,11-12,15-16H,3-4,7-10,13,19H2,1-2H3,(H,20,22). The van der Waals surface area contributed by atoms with Crippen LogP contribution in [0.1, 0.15) is 56.3 Å². The monoisotopic (exact) mass is 303 g/mol. The van der Waals surface area contributed by atoms with E-state index in [1.54, 1.807) is 0 Å². The first-order valence-corrected chi connectivity index (χ1v) is 8.55. The Labute approximate surface area is 134 Å². The van der Waals surface area contributed by atoms with Crippen LogP contribution in [-0.4, -0.2) is 31.1 Å². The summed E-state index contributed by atoms with van der Waals surface area (Å²) < 4.78 is 0. The van der Waals surface area contributed by atoms with Gasteiger partial charge < -0.3 is 16.0 Å². The van der Waals surface area contributed by atoms with Crippen LogP contribution in [-0.2, 0) is 0 Å². The number of hydrogen-bond donors (Lipinski definition) is 2. The summed E-state index contributed by atoms with van der Waals surface area (Å²) in [6.45, 7) is 6.37. The van der Waals surface area contributed by atoms with Gasteiger partial charge in [-0.2, -0.15) is 0 Å². The Morgan fingerprint density at radius 1 is 1.18 bits per heavy atom. The third kappa shape index (κ3) is 4.47. The molecule has 0 radical (unpaired) electrons. The van der Waals surface area contributed by atoms with Gasteiger partial charge in [-0.05, 0) is 63.3 Å². The van der Waals surface area contributed by atoms with Crippen molar-refractivity contribution in [3.05, 3.63) is 29.8 Å². The molecule has 2 rings (SSSR count). The van der Waals surface area contributed by atoms with Crippen molar-refractivity contribution in [2.75, 3.05) is 18.0 Å². The van der Waals surface area contributed by atoms with Crippen LogP contribution in [0.3, 0.4) is 0 Å². The minimum absolute atomic E-state index is 0.0329. The molecule has 22 heavy (non-hydrogen) atoms. The highest BCUT2D eigenvalue weighted by molar-refractivity contribution is 5.94. The molecular formula is C18H29N3O. The van der Waals surface area contributed by atoms with Crippen LogP contribution in [0.4, 0.5) is 5.69 Å². The van der Waals surface area contributed by atoms with Crippen molar-refractivity contribution < 1.29 is 4.79 Å². The Bertz CT molecular complexity index is 464. The number of carbonyl (C=O) groups is 1. The number of carbonyl (C=O) groups excluding carboxylic acids is 1. The maximum atomic E-state index is 12.3. The Morgan fingerprint density at radius 2 is 1.82 bits per heavy atom. The number of anilines is 1. The van der Waals surface area contributed by atoms with Crippen LogP contribution in [0.2, 0.25) is 0 Å². The van der Waals surface area contributed by atoms with Crippen molar-refractivity contribution in [1.29, 1.82) is 0 Å². The third-order valence-corrected chi connectivity index (χ3v) is 4.48. The van der Waals surface area contributed by atoms with E-state index < -0.39 is 0 Å². The second-order valence-corrected chi connectivity index (χ2v) is 6.21. The molecule has 4 nitrogen and oxygen atoms in total. The smallest absolute Gasteiger partial charge is 0.251 e. The zero-order chi connectivity index (χ0) is 15.9. The molecule has 4 heteroatoms. The lowest BCUT2D eigenvalue weighted by molar-refractivity contribution is 0.0926. The van der Waals surface area contributed by atoms with Crippen LogP contribution >= 0.6 is 0 Å². The van der Waals surface area contributed by atoms with E-state index in [1.807, 2.05) is 24.3 Å². The quantitative estimate of drug-likeness (QED) is 0.849. The molecule has 1 aromatic rings. The Balaban J connectivity index is 1.93. The Hall–Kier alpha value is -1.55. The fourth-order valence-electron chi connectivity index (χ4n) is 3.10. The molecule has 1 amide bonds. The summed E-state index contributed by atoms with van der Waals surface area (Å²) in [7, 11) is 0. The van der Waals surface area contributed by atoms with Crippen LogP contribution < -0.4 is 16.0 Å². The van der Waals surface area contributed by atoms with Crippen molar-refractivity contribution in [3.63, 3.8) is 0 Å². The van der Waals surface area contributed by atoms with Crippen molar-refractivity contribution >= 4 is 11.6 Å². The average Bonchev–Trinajstić information content (AvgIpc) is 2.55. The van der Waals surface area contributed by atoms with Crippen LogP contribution in [0.15, 0.2) is 24.3 Å². The largest absolute Gasteiger partial charge is 0.372 e. The number of nitrogens with zero attached hydrogens (tertiary/aromatic N) is 1. The average molecular weight is 303 g/mol. The summed E-state index contributed by atoms with van der Waals surface area (Å²) in [5.74, 6) is 0.0329. The lowest BCUT2D eigenvalue weighted by atomic mass is 9.91. The van der Waals surface area contributed by atoms with Gasteiger partial charge in [0, 0.05) is 36.4 Å². The molecule has 0 aliphatic heterocycles. The van der Waals surface area contributed by atoms with Crippen molar-refractivity contribution in [2.45, 2.75) is 58.0 Å². The maximum absolute atomic E-state index is 12.3. The van der Waals surface area contributed by atoms with Crippen LogP contribution in [0, 0.1) is 0 Å². The van der Waals surface area contributed by atoms with Gasteiger partial charge >= 0.3 is 0 Å². The number of hydrogen-bond acceptors (Lipinski definition) is 3. The second kappa shape index (κ2) is 8.18. The number of rotatable bonds is 6. The third-order valence-electron chi connectivity index (χ3n) is 4.48. The fraction of sp³-hybridized carbons (Fsp3) is 0.611. The molecule has 1 fully saturated rings. The normalized spacial score (nSPS) is 21.4. The zero-order valence-electron chi connectivity index (χ0n) is 13.8. The summed E-state index contributed by atoms with van der Waals surface area (Å²) in [5.41, 5.74) is 7.83. The molecule has 0 heterocycles. The van der Waals surface area contributed by atoms with Crippen molar-refractivity contribution in [1.82, 2.24) is 5.32 Å². The Morgan fingerprint density at radius 3 is 2.36 bits per heavy atom. The van der Waals surface area contributed by atoms with Gasteiger partial charge in [0.1, 0.15) is 0 Å². The van der Waals surface area contributed by atoms with Crippen molar-refractivity contribution in [3.8, 4) is 0 Å². The van der Waals surface area contributed by atoms with Gasteiger partial charge in [-0.3, -0.25) is 4.79 Å². The zero-order valence-corrected chi connectivity index (χ0v) is 13.8. The second-order valence-electron chi connectivity index (χ2n) is 6.21. The SMILES string of the molecule is CCCN(CC)c1ccc(C(=O)NC2CCC(N)CC2)cc1. The molecule has 0 bridgehead atoms. The molecule has 0 unspecified atom stereocenters. The fourth-order valence-corrected chi connectivity index (χ4v) is 3.10. The number of nitrogens with two attached hydrogens (primary N) is 1. The summed E-state index contributed by atoms with van der Waals surface area (Å²) >= 11 is 0. The van der Waals surface area contributed by atoms with E-state index in [4.69, 9.17) is 5.73 Å². The Kier molecular flexibility index (Phi) is 6.25. The maximum Gasteiger partial charge on any atom is 0.251 e. The highest BCUT2D eigenvalue weighted by Gasteiger charge is 2.20. The predicted molar refractivity (Wildman–Crippen MR) is 92.3 cm³/mol. The van der Waals surface area contributed by atoms with Gasteiger partial charge in [0.25, 0.3) is 5.91 Å². The van der Waals surface area contributed by atoms with Crippen LogP contribution in [0.5, 0.6) is 0 Å². The summed E-state index contributed by atoms with van der Waals surface area (Å²) in [6.07, 6.45) is 5.12. The lowest BCUT2D eigenvalue weighted by Gasteiger charge is -2.27. The molecule has 1 aromatic carbocycles. The molecule has 1 aliphatic rings. The highest BCUT2D eigenvalue weighted by atomic mass is 16.1. The topological polar surface area (TPSA) is 58.4 Å². The minimum Gasteiger partial charge on any atom is -0.372 e. The summed E-state index contributed by atoms with van der Waals surface area (Å²) in [5, 5.41) is 3.14. The molecule has 0 spiro atoms. The number of nitrogens with one attached hydrogen (secondary N) is 1. The van der Waals surface area contributed by atoms with Gasteiger partial charge in [0.15, 0.2) is 0 Å². The highest BCUT2D eigenvalue weighted by Crippen LogP contribution is 2.19. The van der Waals surface area contributed by atoms with E-state index in [-0.39, 0.29) is 11.9 Å². The van der Waals surface area contributed by atoms with E-state index in [9.17, 15) is 4.79 Å². The van der Waals surface area contributed by atoms with E-state index in [2.05, 4.69) is 24.1 Å². The van der Waals surface area contributed by atoms with Gasteiger partial charge in [-0.15, -0.1) is 0 Å². The molecule has 122 valence electrons. The minimum atomic E-state index is 0.0329. The van der Waals surface area contributed by atoms with E-state index >= 15 is 0 Å². The molecule has 0 atom stereocenters. The van der Waals surface area contributed by atoms with Gasteiger partial charge in [0.05, 0.1) is 0 Å². The van der Waals surface area contributed by atoms with Crippen LogP contribution in [0.25, 0.3) is 0 Å². The summed E-state index contributed by atoms with van der Waals surface area (Å²) in [6, 6.07) is 8.54. The first-order valence-electron chi connectivity index (χ1n) is 8.55. The predicted octanol–water partition coefficient (Wildman–Crippen LogP) is 2.92. The van der Waals surface area contributed by atoms with E-state index in [0.29, 0.717) is 6.04 Å². The van der Waals surface area contributed by atoms with Gasteiger partial charge in [-0.25, -0.2) is 0 Å². The summed E-state index contributed by atoms with van der Waals surface area (Å²) in [4.78, 5) is 14.6. The van der Waals surface area contributed by atoms with E-state index in [0.717, 1.165) is 50.8 Å². The van der Waals surface area contributed by atoms with Crippen molar-refractivity contribution in [2.24, 2.45) is 5.73 Å². The molecular weight excluding hydrogens is 274 g/mol. The molecule has 0 aromatic heterocycles.